The van der Waals surface area contributed by atoms with Crippen LogP contribution in [0.4, 0.5) is 4.79 Å². The Bertz CT molecular complexity index is 552. The number of carbonyl (C=O) groups is 2. The molecule has 0 saturated carbocycles. The average molecular weight is 310 g/mol. The molecule has 1 aromatic carbocycles. The number of benzene rings is 1. The van der Waals surface area contributed by atoms with Crippen LogP contribution in [0.1, 0.15) is 15.9 Å². The van der Waals surface area contributed by atoms with Gasteiger partial charge < -0.3 is 15.3 Å². The fourth-order valence-electron chi connectivity index (χ4n) is 2.13. The largest absolute Gasteiger partial charge is 0.478 e. The van der Waals surface area contributed by atoms with Gasteiger partial charge in [0.25, 0.3) is 0 Å². The molecule has 2 rings (SSSR count). The summed E-state index contributed by atoms with van der Waals surface area (Å²) in [6.07, 6.45) is 0.576. The number of nitrogens with zero attached hydrogens (tertiary/aromatic N) is 1. The third-order valence-corrected chi connectivity index (χ3v) is 4.60. The summed E-state index contributed by atoms with van der Waals surface area (Å²) < 4.78 is 11.2. The fraction of sp³-hybridized carbons (Fsp3) is 0.429. The van der Waals surface area contributed by atoms with Crippen LogP contribution >= 0.6 is 0 Å². The number of nitrogens with one attached hydrogen (secondary N) is 1. The normalized spacial score (nSPS) is 15.7. The third-order valence-electron chi connectivity index (χ3n) is 3.33. The SMILES string of the molecule is O=C(O)c1cccc(CCNC(=O)N2CCS(=O)CC2)c1. The quantitative estimate of drug-likeness (QED) is 0.857. The molecule has 21 heavy (non-hydrogen) atoms. The van der Waals surface area contributed by atoms with Crippen LogP contribution in [-0.4, -0.2) is 57.4 Å². The van der Waals surface area contributed by atoms with E-state index in [1.807, 2.05) is 6.07 Å². The number of carboxylic acid groups (broad SMARTS) is 1. The molecule has 0 radical (unpaired) electrons. The summed E-state index contributed by atoms with van der Waals surface area (Å²) >= 11 is 0. The van der Waals surface area contributed by atoms with Crippen molar-refractivity contribution in [3.8, 4) is 0 Å². The number of amides is 2. The van der Waals surface area contributed by atoms with Crippen LogP contribution in [0.5, 0.6) is 0 Å². The minimum atomic E-state index is -0.956. The van der Waals surface area contributed by atoms with E-state index in [4.69, 9.17) is 5.11 Å². The van der Waals surface area contributed by atoms with Gasteiger partial charge in [-0.1, -0.05) is 12.1 Å². The van der Waals surface area contributed by atoms with Crippen LogP contribution in [0.25, 0.3) is 0 Å². The lowest BCUT2D eigenvalue weighted by Gasteiger charge is -2.26. The van der Waals surface area contributed by atoms with Crippen molar-refractivity contribution >= 4 is 22.8 Å². The highest BCUT2D eigenvalue weighted by atomic mass is 32.2. The second-order valence-corrected chi connectivity index (χ2v) is 6.52. The van der Waals surface area contributed by atoms with Crippen LogP contribution in [0.15, 0.2) is 24.3 Å². The van der Waals surface area contributed by atoms with Crippen molar-refractivity contribution in [1.29, 1.82) is 0 Å². The smallest absolute Gasteiger partial charge is 0.335 e. The molecule has 2 N–H and O–H groups in total. The first-order valence-electron chi connectivity index (χ1n) is 6.76. The lowest BCUT2D eigenvalue weighted by Crippen LogP contribution is -2.47. The van der Waals surface area contributed by atoms with Crippen LogP contribution in [0, 0.1) is 0 Å². The maximum atomic E-state index is 11.9. The molecule has 7 heteroatoms. The number of carbonyl (C=O) groups excluding carboxylic acids is 1. The van der Waals surface area contributed by atoms with Crippen LogP contribution in [-0.2, 0) is 17.2 Å². The first kappa shape index (κ1) is 15.5. The van der Waals surface area contributed by atoms with Crippen molar-refractivity contribution in [2.75, 3.05) is 31.1 Å². The number of aromatic carboxylic acids is 1. The van der Waals surface area contributed by atoms with E-state index in [-0.39, 0.29) is 11.6 Å². The zero-order valence-corrected chi connectivity index (χ0v) is 12.4. The van der Waals surface area contributed by atoms with Crippen LogP contribution in [0.2, 0.25) is 0 Å². The standard InChI is InChI=1S/C14H18N2O4S/c17-13(18)12-3-1-2-11(10-12)4-5-15-14(19)16-6-8-21(20)9-7-16/h1-3,10H,4-9H2,(H,15,19)(H,17,18). The van der Waals surface area contributed by atoms with Gasteiger partial charge in [-0.25, -0.2) is 9.59 Å². The van der Waals surface area contributed by atoms with E-state index in [1.165, 1.54) is 6.07 Å². The number of urea groups is 1. The molecule has 0 aromatic heterocycles. The summed E-state index contributed by atoms with van der Waals surface area (Å²) in [4.78, 5) is 24.4. The van der Waals surface area contributed by atoms with Gasteiger partial charge >= 0.3 is 12.0 Å². The minimum absolute atomic E-state index is 0.152. The highest BCUT2D eigenvalue weighted by Crippen LogP contribution is 2.06. The van der Waals surface area contributed by atoms with Gasteiger partial charge in [-0.15, -0.1) is 0 Å². The molecular weight excluding hydrogens is 292 g/mol. The van der Waals surface area contributed by atoms with Crippen molar-refractivity contribution in [2.45, 2.75) is 6.42 Å². The molecule has 0 aliphatic carbocycles. The lowest BCUT2D eigenvalue weighted by atomic mass is 10.1. The van der Waals surface area contributed by atoms with Crippen molar-refractivity contribution < 1.29 is 18.9 Å². The summed E-state index contributed by atoms with van der Waals surface area (Å²) in [5.74, 6) is 0.115. The van der Waals surface area contributed by atoms with E-state index in [1.54, 1.807) is 17.0 Å². The van der Waals surface area contributed by atoms with E-state index in [9.17, 15) is 13.8 Å². The highest BCUT2D eigenvalue weighted by molar-refractivity contribution is 7.85. The summed E-state index contributed by atoms with van der Waals surface area (Å²) in [7, 11) is -0.797. The zero-order valence-electron chi connectivity index (χ0n) is 11.6. The van der Waals surface area contributed by atoms with E-state index >= 15 is 0 Å². The topological polar surface area (TPSA) is 86.7 Å². The molecule has 0 bridgehead atoms. The van der Waals surface area contributed by atoms with Gasteiger partial charge in [0, 0.05) is 41.9 Å². The number of hydrogen-bond acceptors (Lipinski definition) is 3. The maximum absolute atomic E-state index is 11.9. The monoisotopic (exact) mass is 310 g/mol. The Hall–Kier alpha value is -1.89. The second-order valence-electron chi connectivity index (χ2n) is 4.82. The predicted molar refractivity (Wildman–Crippen MR) is 80.0 cm³/mol. The van der Waals surface area contributed by atoms with Gasteiger partial charge in [0.15, 0.2) is 0 Å². The summed E-state index contributed by atoms with van der Waals surface area (Å²) in [5.41, 5.74) is 1.12. The van der Waals surface area contributed by atoms with Gasteiger partial charge in [-0.2, -0.15) is 0 Å². The molecule has 1 saturated heterocycles. The molecule has 1 fully saturated rings. The Morgan fingerprint density at radius 3 is 2.67 bits per heavy atom. The molecule has 0 unspecified atom stereocenters. The second kappa shape index (κ2) is 7.21. The molecule has 114 valence electrons. The molecule has 0 spiro atoms. The van der Waals surface area contributed by atoms with Crippen molar-refractivity contribution in [3.05, 3.63) is 35.4 Å². The van der Waals surface area contributed by atoms with E-state index < -0.39 is 16.8 Å². The summed E-state index contributed by atoms with van der Waals surface area (Å²) in [5, 5.41) is 11.7. The van der Waals surface area contributed by atoms with Crippen molar-refractivity contribution in [2.24, 2.45) is 0 Å². The Balaban J connectivity index is 1.78. The predicted octanol–water partition coefficient (Wildman–Crippen LogP) is 0.701. The number of carboxylic acids is 1. The number of hydrogen-bond donors (Lipinski definition) is 2. The Labute approximate surface area is 125 Å². The Morgan fingerprint density at radius 1 is 1.29 bits per heavy atom. The molecule has 1 aliphatic rings. The Kier molecular flexibility index (Phi) is 5.32. The van der Waals surface area contributed by atoms with Gasteiger partial charge in [0.1, 0.15) is 0 Å². The van der Waals surface area contributed by atoms with E-state index in [0.29, 0.717) is 37.6 Å². The summed E-state index contributed by atoms with van der Waals surface area (Å²) in [6, 6.07) is 6.53. The van der Waals surface area contributed by atoms with Crippen molar-refractivity contribution in [1.82, 2.24) is 10.2 Å². The highest BCUT2D eigenvalue weighted by Gasteiger charge is 2.19. The fourth-order valence-corrected chi connectivity index (χ4v) is 3.18. The van der Waals surface area contributed by atoms with Gasteiger partial charge in [-0.05, 0) is 24.1 Å². The third kappa shape index (κ3) is 4.56. The molecule has 1 aliphatic heterocycles. The van der Waals surface area contributed by atoms with Gasteiger partial charge in [-0.3, -0.25) is 4.21 Å². The molecular formula is C14H18N2O4S. The minimum Gasteiger partial charge on any atom is -0.478 e. The van der Waals surface area contributed by atoms with Crippen LogP contribution < -0.4 is 5.32 Å². The summed E-state index contributed by atoms with van der Waals surface area (Å²) in [6.45, 7) is 1.49. The van der Waals surface area contributed by atoms with E-state index in [2.05, 4.69) is 5.32 Å². The number of rotatable bonds is 4. The zero-order chi connectivity index (χ0) is 15.2. The Morgan fingerprint density at radius 2 is 2.00 bits per heavy atom. The van der Waals surface area contributed by atoms with E-state index in [0.717, 1.165) is 5.56 Å². The first-order valence-corrected chi connectivity index (χ1v) is 8.25. The van der Waals surface area contributed by atoms with Crippen LogP contribution in [0.3, 0.4) is 0 Å². The molecule has 0 atom stereocenters. The first-order chi connectivity index (χ1) is 10.1. The molecule has 2 amide bonds. The molecule has 1 aromatic rings. The van der Waals surface area contributed by atoms with Gasteiger partial charge in [0.2, 0.25) is 0 Å². The molecule has 1 heterocycles. The van der Waals surface area contributed by atoms with Gasteiger partial charge in [0.05, 0.1) is 5.56 Å². The van der Waals surface area contributed by atoms with Crippen molar-refractivity contribution in [3.63, 3.8) is 0 Å². The maximum Gasteiger partial charge on any atom is 0.335 e. The molecule has 6 nitrogen and oxygen atoms in total. The lowest BCUT2D eigenvalue weighted by molar-refractivity contribution is 0.0696. The average Bonchev–Trinajstić information content (AvgIpc) is 2.48.